The highest BCUT2D eigenvalue weighted by Crippen LogP contribution is 2.42. The normalized spacial score (nSPS) is 16.4. The summed E-state index contributed by atoms with van der Waals surface area (Å²) in [5, 5.41) is 10.3. The molecule has 128 valence electrons. The fraction of sp³-hybridized carbons (Fsp3) is 0.278. The van der Waals surface area contributed by atoms with Crippen LogP contribution in [0.3, 0.4) is 0 Å². The topological polar surface area (TPSA) is 84.8 Å². The monoisotopic (exact) mass is 337 g/mol. The Kier molecular flexibility index (Phi) is 3.56. The van der Waals surface area contributed by atoms with Gasteiger partial charge in [-0.25, -0.2) is 4.98 Å². The zero-order valence-electron chi connectivity index (χ0n) is 14.3. The summed E-state index contributed by atoms with van der Waals surface area (Å²) in [5.41, 5.74) is 3.83. The number of aromatic amines is 1. The number of nitrogens with zero attached hydrogens (tertiary/aromatic N) is 3. The van der Waals surface area contributed by atoms with Gasteiger partial charge in [-0.1, -0.05) is 12.1 Å². The lowest BCUT2D eigenvalue weighted by Crippen LogP contribution is -2.24. The summed E-state index contributed by atoms with van der Waals surface area (Å²) in [6.07, 6.45) is 2.20. The molecule has 0 aliphatic carbocycles. The van der Waals surface area contributed by atoms with Crippen LogP contribution in [0, 0.1) is 6.92 Å². The van der Waals surface area contributed by atoms with Crippen molar-refractivity contribution in [1.29, 1.82) is 0 Å². The van der Waals surface area contributed by atoms with Gasteiger partial charge in [-0.05, 0) is 19.1 Å². The van der Waals surface area contributed by atoms with Gasteiger partial charge in [0, 0.05) is 42.4 Å². The van der Waals surface area contributed by atoms with Crippen LogP contribution in [0.1, 0.15) is 29.4 Å². The molecule has 0 spiro atoms. The molecule has 25 heavy (non-hydrogen) atoms. The Hall–Kier alpha value is -3.09. The maximum Gasteiger partial charge on any atom is 0.226 e. The molecule has 0 saturated carbocycles. The number of carbonyl (C=O) groups is 1. The second-order valence-corrected chi connectivity index (χ2v) is 6.19. The van der Waals surface area contributed by atoms with Crippen molar-refractivity contribution in [2.75, 3.05) is 12.4 Å². The molecule has 1 amide bonds. The van der Waals surface area contributed by atoms with Crippen LogP contribution in [0.25, 0.3) is 11.3 Å². The highest BCUT2D eigenvalue weighted by molar-refractivity contribution is 5.96. The number of fused-ring (bicyclic) bond motifs is 1. The number of amides is 1. The molecule has 1 aromatic carbocycles. The summed E-state index contributed by atoms with van der Waals surface area (Å²) in [4.78, 5) is 16.5. The number of imidazole rings is 1. The number of hydrogen-bond donors (Lipinski definition) is 2. The van der Waals surface area contributed by atoms with Crippen LogP contribution in [-0.2, 0) is 11.8 Å². The number of rotatable bonds is 3. The van der Waals surface area contributed by atoms with Crippen molar-refractivity contribution < 1.29 is 9.53 Å². The molecule has 0 saturated heterocycles. The van der Waals surface area contributed by atoms with Crippen molar-refractivity contribution in [3.05, 3.63) is 47.5 Å². The van der Waals surface area contributed by atoms with Gasteiger partial charge in [0.05, 0.1) is 12.8 Å². The van der Waals surface area contributed by atoms with Crippen LogP contribution in [0.4, 0.5) is 5.82 Å². The van der Waals surface area contributed by atoms with E-state index in [-0.39, 0.29) is 11.8 Å². The van der Waals surface area contributed by atoms with Gasteiger partial charge in [0.2, 0.25) is 5.91 Å². The second kappa shape index (κ2) is 5.77. The quantitative estimate of drug-likeness (QED) is 0.769. The number of anilines is 1. The molecular formula is C18H19N5O2. The molecular weight excluding hydrogens is 318 g/mol. The second-order valence-electron chi connectivity index (χ2n) is 6.19. The minimum atomic E-state index is -0.102. The molecule has 2 N–H and O–H groups in total. The molecule has 3 aromatic rings. The third-order valence-corrected chi connectivity index (χ3v) is 4.77. The zero-order chi connectivity index (χ0) is 17.6. The minimum Gasteiger partial charge on any atom is -0.497 e. The third kappa shape index (κ3) is 2.48. The van der Waals surface area contributed by atoms with E-state index < -0.39 is 0 Å². The van der Waals surface area contributed by atoms with E-state index in [4.69, 9.17) is 4.74 Å². The van der Waals surface area contributed by atoms with Crippen molar-refractivity contribution >= 4 is 11.7 Å². The van der Waals surface area contributed by atoms with Crippen LogP contribution in [0.5, 0.6) is 5.75 Å². The molecule has 1 aliphatic rings. The first-order valence-corrected chi connectivity index (χ1v) is 8.09. The number of aromatic nitrogens is 4. The average molecular weight is 337 g/mol. The van der Waals surface area contributed by atoms with Crippen molar-refractivity contribution in [2.24, 2.45) is 7.05 Å². The summed E-state index contributed by atoms with van der Waals surface area (Å²) in [6.45, 7) is 1.95. The van der Waals surface area contributed by atoms with Gasteiger partial charge in [0.25, 0.3) is 0 Å². The van der Waals surface area contributed by atoms with E-state index in [0.29, 0.717) is 12.2 Å². The predicted molar refractivity (Wildman–Crippen MR) is 93.6 cm³/mol. The number of methoxy groups -OCH3 is 1. The Morgan fingerprint density at radius 3 is 2.92 bits per heavy atom. The lowest BCUT2D eigenvalue weighted by molar-refractivity contribution is -0.116. The molecule has 1 unspecified atom stereocenters. The Balaban J connectivity index is 1.88. The smallest absolute Gasteiger partial charge is 0.226 e. The van der Waals surface area contributed by atoms with Gasteiger partial charge in [-0.3, -0.25) is 9.89 Å². The Bertz CT molecular complexity index is 956. The lowest BCUT2D eigenvalue weighted by atomic mass is 9.87. The first-order chi connectivity index (χ1) is 12.1. The van der Waals surface area contributed by atoms with Crippen LogP contribution in [-0.4, -0.2) is 32.8 Å². The van der Waals surface area contributed by atoms with E-state index in [1.165, 1.54) is 0 Å². The van der Waals surface area contributed by atoms with Crippen molar-refractivity contribution in [2.45, 2.75) is 19.3 Å². The maximum atomic E-state index is 12.2. The Morgan fingerprint density at radius 2 is 2.20 bits per heavy atom. The average Bonchev–Trinajstić information content (AvgIpc) is 3.18. The summed E-state index contributed by atoms with van der Waals surface area (Å²) in [5.74, 6) is 2.12. The molecule has 4 rings (SSSR count). The Morgan fingerprint density at radius 1 is 1.36 bits per heavy atom. The molecule has 3 heterocycles. The van der Waals surface area contributed by atoms with Crippen molar-refractivity contribution in [1.82, 2.24) is 19.7 Å². The fourth-order valence-electron chi connectivity index (χ4n) is 3.35. The van der Waals surface area contributed by atoms with E-state index in [1.807, 2.05) is 49.0 Å². The molecule has 0 fully saturated rings. The van der Waals surface area contributed by atoms with Crippen LogP contribution in [0.2, 0.25) is 0 Å². The highest BCUT2D eigenvalue weighted by atomic mass is 16.5. The number of benzene rings is 1. The molecule has 0 radical (unpaired) electrons. The summed E-state index contributed by atoms with van der Waals surface area (Å²) in [7, 11) is 3.61. The minimum absolute atomic E-state index is 0.0416. The van der Waals surface area contributed by atoms with Gasteiger partial charge < -0.3 is 14.6 Å². The molecule has 7 nitrogen and oxygen atoms in total. The van der Waals surface area contributed by atoms with Crippen LogP contribution in [0.15, 0.2) is 30.5 Å². The van der Waals surface area contributed by atoms with Crippen LogP contribution >= 0.6 is 0 Å². The molecule has 1 atom stereocenters. The third-order valence-electron chi connectivity index (χ3n) is 4.77. The summed E-state index contributed by atoms with van der Waals surface area (Å²) < 4.78 is 7.35. The molecule has 7 heteroatoms. The van der Waals surface area contributed by atoms with E-state index in [9.17, 15) is 4.79 Å². The summed E-state index contributed by atoms with van der Waals surface area (Å²) in [6, 6.07) is 7.79. The van der Waals surface area contributed by atoms with Gasteiger partial charge in [0.1, 0.15) is 11.6 Å². The van der Waals surface area contributed by atoms with Crippen LogP contribution < -0.4 is 10.1 Å². The van der Waals surface area contributed by atoms with Gasteiger partial charge in [-0.2, -0.15) is 5.10 Å². The molecule has 0 bridgehead atoms. The largest absolute Gasteiger partial charge is 0.497 e. The van der Waals surface area contributed by atoms with Gasteiger partial charge >= 0.3 is 0 Å². The number of hydrogen-bond acceptors (Lipinski definition) is 4. The number of carbonyl (C=O) groups excluding carboxylic acids is 1. The lowest BCUT2D eigenvalue weighted by Gasteiger charge is -2.23. The predicted octanol–water partition coefficient (Wildman–Crippen LogP) is 2.60. The molecule has 2 aromatic heterocycles. The SMILES string of the molecule is COc1cccc(-c2[nH]nc3c2C(c2cnc(C)n2C)CC(=O)N3)c1. The highest BCUT2D eigenvalue weighted by Gasteiger charge is 2.33. The van der Waals surface area contributed by atoms with E-state index in [1.54, 1.807) is 7.11 Å². The number of nitrogens with one attached hydrogen (secondary N) is 2. The van der Waals surface area contributed by atoms with Gasteiger partial charge in [0.15, 0.2) is 5.82 Å². The van der Waals surface area contributed by atoms with E-state index in [2.05, 4.69) is 20.5 Å². The number of H-pyrrole nitrogens is 1. The maximum absolute atomic E-state index is 12.2. The van der Waals surface area contributed by atoms with E-state index >= 15 is 0 Å². The number of ether oxygens (including phenoxy) is 1. The summed E-state index contributed by atoms with van der Waals surface area (Å²) >= 11 is 0. The van der Waals surface area contributed by atoms with Crippen molar-refractivity contribution in [3.63, 3.8) is 0 Å². The standard InChI is InChI=1S/C18H19N5O2/c1-10-19-9-14(23(10)2)13-8-15(24)20-18-16(13)17(21-22-18)11-5-4-6-12(7-11)25-3/h4-7,9,13H,8H2,1-3H3,(H2,20,21,22,24). The first-order valence-electron chi connectivity index (χ1n) is 8.09. The number of aryl methyl sites for hydroxylation is 1. The Labute approximate surface area is 145 Å². The fourth-order valence-corrected chi connectivity index (χ4v) is 3.35. The van der Waals surface area contributed by atoms with Crippen molar-refractivity contribution in [3.8, 4) is 17.0 Å². The first kappa shape index (κ1) is 15.4. The molecule has 1 aliphatic heterocycles. The van der Waals surface area contributed by atoms with E-state index in [0.717, 1.165) is 34.1 Å². The zero-order valence-corrected chi connectivity index (χ0v) is 14.3. The van der Waals surface area contributed by atoms with Gasteiger partial charge in [-0.15, -0.1) is 0 Å².